The van der Waals surface area contributed by atoms with Crippen LogP contribution in [0.25, 0.3) is 0 Å². The zero-order chi connectivity index (χ0) is 6.41. The van der Waals surface area contributed by atoms with Crippen LogP contribution in [0.4, 0.5) is 0 Å². The first kappa shape index (κ1) is 14.0. The van der Waals surface area contributed by atoms with E-state index < -0.39 is 2.49 Å². The Bertz CT molecular complexity index is 67.1. The first-order valence-corrected chi connectivity index (χ1v) is 10.2. The second-order valence-corrected chi connectivity index (χ2v) is 28.9. The molecule has 0 heterocycles. The van der Waals surface area contributed by atoms with Gasteiger partial charge in [-0.1, -0.05) is 0 Å². The van der Waals surface area contributed by atoms with Gasteiger partial charge in [0.2, 0.25) is 0 Å². The smallest absolute Gasteiger partial charge is 2.00 e. The molecule has 0 atom stereocenters. The van der Waals surface area contributed by atoms with Gasteiger partial charge in [-0.25, -0.2) is 0 Å². The first-order valence-electron chi connectivity index (χ1n) is 1.13. The SMILES string of the molecule is Cl[Si-2](Cl)(Cl)(Cl)(Cl)Cl.[Sr+2]. The van der Waals surface area contributed by atoms with E-state index in [0.29, 0.717) is 0 Å². The summed E-state index contributed by atoms with van der Waals surface area (Å²) in [5.74, 6) is 0. The largest absolute Gasteiger partial charge is 2.00 e. The minimum absolute atomic E-state index is 0. The summed E-state index contributed by atoms with van der Waals surface area (Å²) >= 11 is 30.1. The molecule has 0 fully saturated rings. The molecule has 0 saturated carbocycles. The van der Waals surface area contributed by atoms with Gasteiger partial charge in [0.05, 0.1) is 0 Å². The molecule has 8 heavy (non-hydrogen) atoms. The minimum Gasteiger partial charge on any atom is 2.00 e. The quantitative estimate of drug-likeness (QED) is 0.472. The fourth-order valence-corrected chi connectivity index (χ4v) is 0. The van der Waals surface area contributed by atoms with Crippen molar-refractivity contribution in [3.8, 4) is 0 Å². The topological polar surface area (TPSA) is 0 Å². The Morgan fingerprint density at radius 3 is 0.625 bits per heavy atom. The van der Waals surface area contributed by atoms with Crippen LogP contribution < -0.4 is 0 Å². The van der Waals surface area contributed by atoms with E-state index in [1.54, 1.807) is 0 Å². The second-order valence-electron chi connectivity index (χ2n) is 1.07. The molecule has 0 nitrogen and oxygen atoms in total. The summed E-state index contributed by atoms with van der Waals surface area (Å²) in [6.45, 7) is 0. The van der Waals surface area contributed by atoms with Gasteiger partial charge in [0.1, 0.15) is 0 Å². The molecule has 0 unspecified atom stereocenters. The molecule has 0 aliphatic rings. The van der Waals surface area contributed by atoms with Gasteiger partial charge in [0.15, 0.2) is 0 Å². The average Bonchev–Trinajstić information content (AvgIpc) is 0.592. The molecular formula is Cl6SiSr. The third-order valence-electron chi connectivity index (χ3n) is 0. The summed E-state index contributed by atoms with van der Waals surface area (Å²) in [5.41, 5.74) is 0. The molecule has 0 amide bonds. The van der Waals surface area contributed by atoms with Crippen molar-refractivity contribution in [2.45, 2.75) is 0 Å². The molecule has 0 aromatic carbocycles. The van der Waals surface area contributed by atoms with E-state index in [4.69, 9.17) is 66.5 Å². The predicted octanol–water partition coefficient (Wildman–Crippen LogP) is 3.38. The van der Waals surface area contributed by atoms with Gasteiger partial charge in [-0.3, -0.25) is 0 Å². The maximum atomic E-state index is 5.02. The molecule has 0 radical (unpaired) electrons. The van der Waals surface area contributed by atoms with E-state index in [0.717, 1.165) is 0 Å². The van der Waals surface area contributed by atoms with Crippen molar-refractivity contribution in [3.63, 3.8) is 0 Å². The Morgan fingerprint density at radius 2 is 0.625 bits per heavy atom. The van der Waals surface area contributed by atoms with Gasteiger partial charge in [-0.2, -0.15) is 0 Å². The Balaban J connectivity index is 0. The molecule has 0 spiro atoms. The van der Waals surface area contributed by atoms with Crippen molar-refractivity contribution in [3.05, 3.63) is 0 Å². The molecular weight excluding hydrogens is 328 g/mol. The molecule has 0 aliphatic carbocycles. The molecule has 0 aromatic rings. The third kappa shape index (κ3) is 56.9. The monoisotopic (exact) mass is 326 g/mol. The van der Waals surface area contributed by atoms with Crippen LogP contribution in [0.5, 0.6) is 0 Å². The van der Waals surface area contributed by atoms with Crippen LogP contribution in [-0.4, -0.2) is 48.0 Å². The normalized spacial score (nSPS) is 20.2. The van der Waals surface area contributed by atoms with Gasteiger partial charge < -0.3 is 0 Å². The molecule has 0 rings (SSSR count). The van der Waals surface area contributed by atoms with Gasteiger partial charge in [-0.05, 0) is 0 Å². The Labute approximate surface area is 112 Å². The molecule has 0 aliphatic heterocycles. The molecule has 8 heteroatoms. The van der Waals surface area contributed by atoms with E-state index >= 15 is 0 Å². The Morgan fingerprint density at radius 1 is 0.625 bits per heavy atom. The van der Waals surface area contributed by atoms with Crippen LogP contribution in [0.1, 0.15) is 0 Å². The van der Waals surface area contributed by atoms with E-state index in [9.17, 15) is 0 Å². The molecule has 0 saturated heterocycles. The van der Waals surface area contributed by atoms with Crippen LogP contribution in [-0.2, 0) is 0 Å². The van der Waals surface area contributed by atoms with Crippen LogP contribution in [0, 0.1) is 0 Å². The minimum atomic E-state index is -5.01. The van der Waals surface area contributed by atoms with Gasteiger partial charge in [0, 0.05) is 0 Å². The fourth-order valence-electron chi connectivity index (χ4n) is 0. The summed E-state index contributed by atoms with van der Waals surface area (Å²) in [6, 6.07) is 0. The van der Waals surface area contributed by atoms with E-state index in [2.05, 4.69) is 0 Å². The number of hydrogen-bond acceptors (Lipinski definition) is 0. The molecule has 0 aromatic heterocycles. The van der Waals surface area contributed by atoms with Crippen molar-refractivity contribution >= 4 is 114 Å². The van der Waals surface area contributed by atoms with E-state index in [1.807, 2.05) is 0 Å². The van der Waals surface area contributed by atoms with Crippen molar-refractivity contribution in [1.29, 1.82) is 0 Å². The van der Waals surface area contributed by atoms with Crippen molar-refractivity contribution in [2.75, 3.05) is 0 Å². The second kappa shape index (κ2) is 2.73. The maximum Gasteiger partial charge on any atom is 2.00 e. The fraction of sp³-hybridized carbons (Fsp3) is 0. The summed E-state index contributed by atoms with van der Waals surface area (Å²) in [5, 5.41) is 0. The molecule has 48 valence electrons. The summed E-state index contributed by atoms with van der Waals surface area (Å²) in [7, 11) is 0. The maximum absolute atomic E-state index is 5.02. The first-order chi connectivity index (χ1) is 2.45. The zero-order valence-electron chi connectivity index (χ0n) is 3.47. The summed E-state index contributed by atoms with van der Waals surface area (Å²) in [4.78, 5) is 0. The van der Waals surface area contributed by atoms with Crippen LogP contribution in [0.3, 0.4) is 0 Å². The predicted molar refractivity (Wildman–Crippen MR) is 46.6 cm³/mol. The van der Waals surface area contributed by atoms with Crippen molar-refractivity contribution < 1.29 is 0 Å². The average molecular weight is 328 g/mol. The van der Waals surface area contributed by atoms with E-state index in [-0.39, 0.29) is 45.5 Å². The van der Waals surface area contributed by atoms with Crippen LogP contribution in [0.15, 0.2) is 0 Å². The van der Waals surface area contributed by atoms with Crippen LogP contribution >= 0.6 is 66.5 Å². The third-order valence-corrected chi connectivity index (χ3v) is 0. The molecule has 0 N–H and O–H groups in total. The van der Waals surface area contributed by atoms with Gasteiger partial charge >= 0.3 is 114 Å². The van der Waals surface area contributed by atoms with Crippen molar-refractivity contribution in [1.82, 2.24) is 0 Å². The zero-order valence-corrected chi connectivity index (χ0v) is 12.5. The van der Waals surface area contributed by atoms with Crippen molar-refractivity contribution in [2.24, 2.45) is 0 Å². The van der Waals surface area contributed by atoms with Gasteiger partial charge in [0.25, 0.3) is 0 Å². The van der Waals surface area contributed by atoms with Gasteiger partial charge in [-0.15, -0.1) is 0 Å². The summed E-state index contributed by atoms with van der Waals surface area (Å²) in [6.07, 6.45) is 0. The standard InChI is InChI=1S/Cl6Si.Sr/c1-7(2,3,4,5)6;/q-2;+2. The van der Waals surface area contributed by atoms with Crippen LogP contribution in [0.2, 0.25) is 0 Å². The number of hydrogen-bond donors (Lipinski definition) is 0. The molecule has 0 bridgehead atoms. The van der Waals surface area contributed by atoms with E-state index in [1.165, 1.54) is 0 Å². The Hall–Kier alpha value is 3.44. The number of halogens is 6. The number of rotatable bonds is 0. The summed E-state index contributed by atoms with van der Waals surface area (Å²) < 4.78 is -5.01. The Kier molecular flexibility index (Phi) is 4.78.